The van der Waals surface area contributed by atoms with E-state index in [4.69, 9.17) is 27.6 Å². The summed E-state index contributed by atoms with van der Waals surface area (Å²) < 4.78 is 19.3. The predicted molar refractivity (Wildman–Crippen MR) is 123 cm³/mol. The van der Waals surface area contributed by atoms with Crippen LogP contribution in [0.4, 0.5) is 10.1 Å². The van der Waals surface area contributed by atoms with Crippen molar-refractivity contribution in [2.45, 2.75) is 6.04 Å². The molecule has 0 saturated carbocycles. The normalized spacial score (nSPS) is 16.2. The summed E-state index contributed by atoms with van der Waals surface area (Å²) in [4.78, 5) is 27.9. The molecule has 33 heavy (non-hydrogen) atoms. The number of furan rings is 1. The molecule has 5 rings (SSSR count). The highest BCUT2D eigenvalue weighted by molar-refractivity contribution is 6.42. The van der Waals surface area contributed by atoms with Gasteiger partial charge in [0, 0.05) is 11.1 Å². The average molecular weight is 482 g/mol. The van der Waals surface area contributed by atoms with E-state index in [1.807, 2.05) is 0 Å². The number of halogens is 3. The van der Waals surface area contributed by atoms with E-state index in [1.165, 1.54) is 41.3 Å². The lowest BCUT2D eigenvalue weighted by Crippen LogP contribution is -2.31. The number of aliphatic hydroxyl groups is 1. The Morgan fingerprint density at radius 1 is 0.970 bits per heavy atom. The molecule has 4 aromatic rings. The number of hydrogen-bond acceptors (Lipinski definition) is 4. The van der Waals surface area contributed by atoms with Crippen molar-refractivity contribution < 1.29 is 23.5 Å². The van der Waals surface area contributed by atoms with E-state index in [0.29, 0.717) is 22.2 Å². The number of Topliss-reactive ketones (excluding diaryl/α,β-unsaturated/α-hetero) is 1. The van der Waals surface area contributed by atoms with Gasteiger partial charge in [-0.1, -0.05) is 53.5 Å². The molecule has 0 fully saturated rings. The minimum Gasteiger partial charge on any atom is -0.503 e. The first-order chi connectivity index (χ1) is 15.8. The number of fused-ring (bicyclic) bond motifs is 1. The fraction of sp³-hybridized carbons (Fsp3) is 0.0400. The second kappa shape index (κ2) is 8.06. The van der Waals surface area contributed by atoms with Gasteiger partial charge < -0.3 is 9.52 Å². The number of ketones is 1. The molecule has 0 saturated heterocycles. The van der Waals surface area contributed by atoms with Gasteiger partial charge in [0.25, 0.3) is 5.91 Å². The highest BCUT2D eigenvalue weighted by Gasteiger charge is 2.45. The number of hydrogen-bond donors (Lipinski definition) is 1. The molecule has 0 radical (unpaired) electrons. The fourth-order valence-corrected chi connectivity index (χ4v) is 4.22. The fourth-order valence-electron chi connectivity index (χ4n) is 3.93. The largest absolute Gasteiger partial charge is 0.503 e. The number of amides is 1. The lowest BCUT2D eigenvalue weighted by Gasteiger charge is -2.27. The molecule has 3 aromatic carbocycles. The van der Waals surface area contributed by atoms with Gasteiger partial charge in [-0.05, 0) is 48.0 Å². The highest BCUT2D eigenvalue weighted by Crippen LogP contribution is 2.43. The molecule has 1 N–H and O–H groups in total. The maximum atomic E-state index is 13.6. The number of rotatable bonds is 4. The first-order valence-electron chi connectivity index (χ1n) is 9.85. The van der Waals surface area contributed by atoms with Crippen LogP contribution < -0.4 is 4.90 Å². The minimum absolute atomic E-state index is 0.0337. The lowest BCUT2D eigenvalue weighted by molar-refractivity contribution is -0.117. The van der Waals surface area contributed by atoms with Gasteiger partial charge in [0.15, 0.2) is 11.5 Å². The molecule has 0 bridgehead atoms. The van der Waals surface area contributed by atoms with Crippen molar-refractivity contribution >= 4 is 51.5 Å². The van der Waals surface area contributed by atoms with E-state index in [9.17, 15) is 19.1 Å². The SMILES string of the molecule is O=C(C1=C(O)C(=O)N(c2ccc(Cl)c(Cl)c2)C1c1ccc(F)cc1)c1cc2ccccc2o1. The van der Waals surface area contributed by atoms with Crippen LogP contribution in [0.25, 0.3) is 11.0 Å². The van der Waals surface area contributed by atoms with E-state index < -0.39 is 29.3 Å². The third-order valence-corrected chi connectivity index (χ3v) is 6.21. The Hall–Kier alpha value is -3.61. The molecule has 0 aliphatic carbocycles. The Morgan fingerprint density at radius 2 is 1.70 bits per heavy atom. The van der Waals surface area contributed by atoms with Crippen molar-refractivity contribution in [2.24, 2.45) is 0 Å². The highest BCUT2D eigenvalue weighted by atomic mass is 35.5. The number of benzene rings is 3. The standard InChI is InChI=1S/C25H14Cl2FNO4/c26-17-10-9-16(12-18(17)27)29-22(13-5-7-15(28)8-6-13)21(24(31)25(29)32)23(30)20-11-14-3-1-2-4-19(14)33-20/h1-12,22,31H. The zero-order chi connectivity index (χ0) is 23.3. The second-order valence-electron chi connectivity index (χ2n) is 7.47. The van der Waals surface area contributed by atoms with Crippen molar-refractivity contribution in [3.8, 4) is 0 Å². The average Bonchev–Trinajstić information content (AvgIpc) is 3.35. The van der Waals surface area contributed by atoms with Crippen LogP contribution in [0.2, 0.25) is 10.0 Å². The molecule has 164 valence electrons. The quantitative estimate of drug-likeness (QED) is 0.330. The topological polar surface area (TPSA) is 70.8 Å². The summed E-state index contributed by atoms with van der Waals surface area (Å²) in [5.74, 6) is -2.70. The molecule has 0 spiro atoms. The molecule has 8 heteroatoms. The predicted octanol–water partition coefficient (Wildman–Crippen LogP) is 6.66. The van der Waals surface area contributed by atoms with Crippen LogP contribution in [0.1, 0.15) is 22.2 Å². The van der Waals surface area contributed by atoms with E-state index in [1.54, 1.807) is 36.4 Å². The van der Waals surface area contributed by atoms with Crippen LogP contribution >= 0.6 is 23.2 Å². The van der Waals surface area contributed by atoms with Crippen molar-refractivity contribution in [1.82, 2.24) is 0 Å². The molecule has 2 heterocycles. The summed E-state index contributed by atoms with van der Waals surface area (Å²) >= 11 is 12.2. The van der Waals surface area contributed by atoms with Gasteiger partial charge in [0.05, 0.1) is 21.7 Å². The summed E-state index contributed by atoms with van der Waals surface area (Å²) in [6, 6.07) is 17.4. The number of para-hydroxylation sites is 1. The van der Waals surface area contributed by atoms with Crippen LogP contribution in [0.5, 0.6) is 0 Å². The molecule has 5 nitrogen and oxygen atoms in total. The van der Waals surface area contributed by atoms with Crippen molar-refractivity contribution in [3.63, 3.8) is 0 Å². The maximum Gasteiger partial charge on any atom is 0.294 e. The van der Waals surface area contributed by atoms with Crippen LogP contribution in [0, 0.1) is 5.82 Å². The first-order valence-corrected chi connectivity index (χ1v) is 10.6. The summed E-state index contributed by atoms with van der Waals surface area (Å²) in [7, 11) is 0. The summed E-state index contributed by atoms with van der Waals surface area (Å²) in [5, 5.41) is 12.0. The van der Waals surface area contributed by atoms with Gasteiger partial charge >= 0.3 is 0 Å². The van der Waals surface area contributed by atoms with E-state index in [0.717, 1.165) is 0 Å². The number of anilines is 1. The van der Waals surface area contributed by atoms with Crippen LogP contribution in [0.15, 0.2) is 88.5 Å². The zero-order valence-electron chi connectivity index (χ0n) is 16.8. The third-order valence-electron chi connectivity index (χ3n) is 5.47. The smallest absolute Gasteiger partial charge is 0.294 e. The first kappa shape index (κ1) is 21.2. The number of nitrogens with zero attached hydrogens (tertiary/aromatic N) is 1. The number of carbonyl (C=O) groups is 2. The maximum absolute atomic E-state index is 13.6. The van der Waals surface area contributed by atoms with Crippen molar-refractivity contribution in [3.05, 3.63) is 111 Å². The van der Waals surface area contributed by atoms with Crippen molar-refractivity contribution in [1.29, 1.82) is 0 Å². The second-order valence-corrected chi connectivity index (χ2v) is 8.28. The Kier molecular flexibility index (Phi) is 5.19. The number of carbonyl (C=O) groups excluding carboxylic acids is 2. The molecule has 1 aliphatic rings. The van der Waals surface area contributed by atoms with Gasteiger partial charge in [-0.3, -0.25) is 14.5 Å². The molecule has 1 amide bonds. The van der Waals surface area contributed by atoms with E-state index >= 15 is 0 Å². The van der Waals surface area contributed by atoms with Gasteiger partial charge in [0.2, 0.25) is 5.78 Å². The van der Waals surface area contributed by atoms with Gasteiger partial charge in [0.1, 0.15) is 11.4 Å². The molecule has 1 unspecified atom stereocenters. The molecule has 1 atom stereocenters. The third kappa shape index (κ3) is 3.57. The van der Waals surface area contributed by atoms with Crippen molar-refractivity contribution in [2.75, 3.05) is 4.90 Å². The molecule has 1 aromatic heterocycles. The van der Waals surface area contributed by atoms with Gasteiger partial charge in [-0.15, -0.1) is 0 Å². The van der Waals surface area contributed by atoms with E-state index in [-0.39, 0.29) is 21.4 Å². The summed E-state index contributed by atoms with van der Waals surface area (Å²) in [6.45, 7) is 0. The van der Waals surface area contributed by atoms with Gasteiger partial charge in [-0.25, -0.2) is 4.39 Å². The minimum atomic E-state index is -1.05. The summed E-state index contributed by atoms with van der Waals surface area (Å²) in [5.41, 5.74) is 1.03. The zero-order valence-corrected chi connectivity index (χ0v) is 18.3. The van der Waals surface area contributed by atoms with E-state index in [2.05, 4.69) is 0 Å². The van der Waals surface area contributed by atoms with Crippen LogP contribution in [-0.2, 0) is 4.79 Å². The van der Waals surface area contributed by atoms with Crippen LogP contribution in [-0.4, -0.2) is 16.8 Å². The Balaban J connectivity index is 1.67. The van der Waals surface area contributed by atoms with Gasteiger partial charge in [-0.2, -0.15) is 0 Å². The molecule has 1 aliphatic heterocycles. The molecular formula is C25H14Cl2FNO4. The van der Waals surface area contributed by atoms with Crippen LogP contribution in [0.3, 0.4) is 0 Å². The Morgan fingerprint density at radius 3 is 2.39 bits per heavy atom. The number of aliphatic hydroxyl groups excluding tert-OH is 1. The Labute approximate surface area is 197 Å². The summed E-state index contributed by atoms with van der Waals surface area (Å²) in [6.07, 6.45) is 0. The molecular weight excluding hydrogens is 468 g/mol. The Bertz CT molecular complexity index is 1430. The lowest BCUT2D eigenvalue weighted by atomic mass is 9.94. The monoisotopic (exact) mass is 481 g/mol.